The molecule has 1 rings (SSSR count). The molecule has 0 aromatic heterocycles. The van der Waals surface area contributed by atoms with E-state index in [4.69, 9.17) is 0 Å². The maximum Gasteiger partial charge on any atom is 0.00795 e. The van der Waals surface area contributed by atoms with Crippen LogP contribution in [0.5, 0.6) is 0 Å². The van der Waals surface area contributed by atoms with Crippen LogP contribution in [0.3, 0.4) is 0 Å². The average molecular weight is 272 g/mol. The molecule has 1 aliphatic carbocycles. The molecule has 0 amide bonds. The highest BCUT2D eigenvalue weighted by Crippen LogP contribution is 2.48. The number of hydrogen-bond acceptors (Lipinski definition) is 0. The summed E-state index contributed by atoms with van der Waals surface area (Å²) in [7, 11) is 0. The van der Waals surface area contributed by atoms with Gasteiger partial charge in [-0.15, -0.1) is 0 Å². The Labute approximate surface area is 126 Å². The fourth-order valence-electron chi connectivity index (χ4n) is 2.85. The molecule has 0 saturated carbocycles. The molecule has 20 heavy (non-hydrogen) atoms. The minimum atomic E-state index is 0.0962. The quantitative estimate of drug-likeness (QED) is 0.505. The fraction of sp³-hybridized carbons (Fsp3) is 0.600. The number of hydrogen-bond donors (Lipinski definition) is 0. The van der Waals surface area contributed by atoms with Crippen molar-refractivity contribution in [2.75, 3.05) is 0 Å². The summed E-state index contributed by atoms with van der Waals surface area (Å²) in [6.45, 7) is 22.5. The van der Waals surface area contributed by atoms with Gasteiger partial charge in [0.15, 0.2) is 0 Å². The van der Waals surface area contributed by atoms with E-state index in [-0.39, 0.29) is 16.2 Å². The lowest BCUT2D eigenvalue weighted by Gasteiger charge is -2.40. The zero-order valence-corrected chi connectivity index (χ0v) is 14.7. The van der Waals surface area contributed by atoms with Crippen LogP contribution in [0.25, 0.3) is 0 Å². The lowest BCUT2D eigenvalue weighted by molar-refractivity contribution is 0.440. The molecular formula is C20H32. The van der Waals surface area contributed by atoms with E-state index in [1.54, 1.807) is 0 Å². The summed E-state index contributed by atoms with van der Waals surface area (Å²) < 4.78 is 0. The molecule has 0 unspecified atom stereocenters. The van der Waals surface area contributed by atoms with E-state index in [9.17, 15) is 0 Å². The van der Waals surface area contributed by atoms with E-state index in [1.807, 2.05) is 0 Å². The summed E-state index contributed by atoms with van der Waals surface area (Å²) in [5.74, 6) is 0. The molecule has 0 fully saturated rings. The summed E-state index contributed by atoms with van der Waals surface area (Å²) >= 11 is 0. The van der Waals surface area contributed by atoms with Crippen molar-refractivity contribution in [3.05, 3.63) is 47.6 Å². The molecule has 0 aliphatic heterocycles. The predicted octanol–water partition coefficient (Wildman–Crippen LogP) is 6.47. The van der Waals surface area contributed by atoms with Crippen LogP contribution in [-0.4, -0.2) is 0 Å². The third-order valence-corrected chi connectivity index (χ3v) is 4.01. The standard InChI is InChI=1S/C20H32/c1-10-11-12-20(9)13-16(18(3,4)5)15(2)17(14-20)19(6,7)8/h10-11,13-14H,2,12H2,1,3-9H3/b11-10+. The largest absolute Gasteiger partial charge is 0.0916 e. The predicted molar refractivity (Wildman–Crippen MR) is 91.8 cm³/mol. The van der Waals surface area contributed by atoms with Crippen LogP contribution >= 0.6 is 0 Å². The summed E-state index contributed by atoms with van der Waals surface area (Å²) in [6, 6.07) is 0. The molecule has 0 atom stereocenters. The lowest BCUT2D eigenvalue weighted by Crippen LogP contribution is -2.26. The van der Waals surface area contributed by atoms with Crippen LogP contribution in [0.4, 0.5) is 0 Å². The second kappa shape index (κ2) is 5.39. The molecule has 0 bridgehead atoms. The third kappa shape index (κ3) is 3.75. The average Bonchev–Trinajstić information content (AvgIpc) is 2.27. The van der Waals surface area contributed by atoms with Gasteiger partial charge in [0.05, 0.1) is 0 Å². The van der Waals surface area contributed by atoms with Crippen molar-refractivity contribution >= 4 is 0 Å². The maximum atomic E-state index is 4.40. The van der Waals surface area contributed by atoms with E-state index in [0.717, 1.165) is 6.42 Å². The van der Waals surface area contributed by atoms with Crippen LogP contribution < -0.4 is 0 Å². The van der Waals surface area contributed by atoms with Crippen LogP contribution in [0.1, 0.15) is 61.8 Å². The second-order valence-electron chi connectivity index (χ2n) is 8.37. The molecular weight excluding hydrogens is 240 g/mol. The van der Waals surface area contributed by atoms with Crippen LogP contribution in [-0.2, 0) is 0 Å². The van der Waals surface area contributed by atoms with E-state index < -0.39 is 0 Å². The molecule has 0 aromatic rings. The molecule has 0 heterocycles. The Morgan fingerprint density at radius 1 is 1.00 bits per heavy atom. The van der Waals surface area contributed by atoms with Gasteiger partial charge in [0, 0.05) is 5.41 Å². The molecule has 0 saturated heterocycles. The fourth-order valence-corrected chi connectivity index (χ4v) is 2.85. The Morgan fingerprint density at radius 2 is 1.40 bits per heavy atom. The highest BCUT2D eigenvalue weighted by Gasteiger charge is 2.34. The van der Waals surface area contributed by atoms with Gasteiger partial charge in [-0.3, -0.25) is 0 Å². The van der Waals surface area contributed by atoms with Crippen LogP contribution in [0.15, 0.2) is 47.6 Å². The summed E-state index contributed by atoms with van der Waals surface area (Å²) in [5.41, 5.74) is 4.40. The first-order valence-electron chi connectivity index (χ1n) is 7.68. The number of rotatable bonds is 2. The van der Waals surface area contributed by atoms with E-state index >= 15 is 0 Å². The van der Waals surface area contributed by atoms with Gasteiger partial charge in [0.2, 0.25) is 0 Å². The van der Waals surface area contributed by atoms with Gasteiger partial charge in [-0.1, -0.05) is 79.3 Å². The van der Waals surface area contributed by atoms with Crippen molar-refractivity contribution in [3.8, 4) is 0 Å². The molecule has 0 radical (unpaired) electrons. The van der Waals surface area contributed by atoms with Crippen LogP contribution in [0.2, 0.25) is 0 Å². The van der Waals surface area contributed by atoms with Gasteiger partial charge in [0.1, 0.15) is 0 Å². The first-order chi connectivity index (χ1) is 8.91. The lowest BCUT2D eigenvalue weighted by atomic mass is 9.65. The van der Waals surface area contributed by atoms with Crippen LogP contribution in [0, 0.1) is 16.2 Å². The molecule has 0 spiro atoms. The second-order valence-corrected chi connectivity index (χ2v) is 8.37. The van der Waals surface area contributed by atoms with Crippen molar-refractivity contribution in [1.29, 1.82) is 0 Å². The van der Waals surface area contributed by atoms with Gasteiger partial charge in [-0.05, 0) is 40.9 Å². The normalized spacial score (nSPS) is 20.1. The smallest absolute Gasteiger partial charge is 0.00795 e. The zero-order valence-electron chi connectivity index (χ0n) is 14.7. The minimum Gasteiger partial charge on any atom is -0.0916 e. The van der Waals surface area contributed by atoms with Gasteiger partial charge < -0.3 is 0 Å². The molecule has 0 aromatic carbocycles. The van der Waals surface area contributed by atoms with E-state index in [0.29, 0.717) is 0 Å². The van der Waals surface area contributed by atoms with Crippen molar-refractivity contribution in [1.82, 2.24) is 0 Å². The molecule has 0 heteroatoms. The Hall–Kier alpha value is -1.04. The Kier molecular flexibility index (Phi) is 4.58. The molecule has 112 valence electrons. The van der Waals surface area contributed by atoms with Gasteiger partial charge in [-0.2, -0.15) is 0 Å². The van der Waals surface area contributed by atoms with E-state index in [1.165, 1.54) is 16.7 Å². The Morgan fingerprint density at radius 3 is 1.70 bits per heavy atom. The topological polar surface area (TPSA) is 0 Å². The molecule has 1 aliphatic rings. The van der Waals surface area contributed by atoms with Crippen molar-refractivity contribution in [2.24, 2.45) is 16.2 Å². The maximum absolute atomic E-state index is 4.40. The van der Waals surface area contributed by atoms with Crippen molar-refractivity contribution in [3.63, 3.8) is 0 Å². The van der Waals surface area contributed by atoms with Gasteiger partial charge >= 0.3 is 0 Å². The summed E-state index contributed by atoms with van der Waals surface area (Å²) in [4.78, 5) is 0. The highest BCUT2D eigenvalue weighted by molar-refractivity contribution is 5.54. The minimum absolute atomic E-state index is 0.0962. The van der Waals surface area contributed by atoms with Crippen molar-refractivity contribution in [2.45, 2.75) is 61.8 Å². The highest BCUT2D eigenvalue weighted by atomic mass is 14.4. The Bertz CT molecular complexity index is 433. The van der Waals surface area contributed by atoms with Crippen molar-refractivity contribution < 1.29 is 0 Å². The van der Waals surface area contributed by atoms with E-state index in [2.05, 4.69) is 86.3 Å². The zero-order chi connectivity index (χ0) is 15.8. The summed E-state index contributed by atoms with van der Waals surface area (Å²) in [6.07, 6.45) is 10.3. The first kappa shape index (κ1) is 17.0. The monoisotopic (exact) mass is 272 g/mol. The SMILES string of the molecule is C=C1C(C(C)(C)C)=CC(C)(C/C=C/C)C=C1C(C)(C)C. The van der Waals surface area contributed by atoms with Gasteiger partial charge in [0.25, 0.3) is 0 Å². The molecule has 0 nitrogen and oxygen atoms in total. The summed E-state index contributed by atoms with van der Waals surface area (Å²) in [5, 5.41) is 0. The third-order valence-electron chi connectivity index (χ3n) is 4.01. The first-order valence-corrected chi connectivity index (χ1v) is 7.68. The van der Waals surface area contributed by atoms with Gasteiger partial charge in [-0.25, -0.2) is 0 Å². The molecule has 0 N–H and O–H groups in total. The number of allylic oxidation sites excluding steroid dienone is 7. The Balaban J connectivity index is 3.40.